The van der Waals surface area contributed by atoms with E-state index in [1.165, 1.54) is 32.1 Å². The molecule has 1 aliphatic rings. The van der Waals surface area contributed by atoms with Crippen LogP contribution in [0.15, 0.2) is 29.3 Å². The summed E-state index contributed by atoms with van der Waals surface area (Å²) in [5.74, 6) is 3.08. The van der Waals surface area contributed by atoms with Gasteiger partial charge < -0.3 is 15.4 Å². The Morgan fingerprint density at radius 3 is 2.68 bits per heavy atom. The Balaban J connectivity index is 1.55. The van der Waals surface area contributed by atoms with Crippen LogP contribution >= 0.6 is 0 Å². The third-order valence-corrected chi connectivity index (χ3v) is 4.47. The molecule has 1 aliphatic carbocycles. The van der Waals surface area contributed by atoms with E-state index in [4.69, 9.17) is 4.74 Å². The summed E-state index contributed by atoms with van der Waals surface area (Å²) in [6.45, 7) is 0.551. The van der Waals surface area contributed by atoms with Crippen LogP contribution in [0.2, 0.25) is 0 Å². The number of aromatic amines is 1. The molecule has 0 saturated heterocycles. The standard InChI is InChI=1S/C18H26N6O/c1-19-18(21-14-6-4-3-5-7-14)20-12-16-22-17(24-23-16)13-8-10-15(25-2)11-9-13/h8-11,14H,3-7,12H2,1-2H3,(H2,19,20,21)(H,22,23,24). The van der Waals surface area contributed by atoms with Crippen LogP contribution in [0.3, 0.4) is 0 Å². The molecule has 2 aromatic rings. The number of H-pyrrole nitrogens is 1. The van der Waals surface area contributed by atoms with Crippen LogP contribution < -0.4 is 15.4 Å². The molecule has 7 nitrogen and oxygen atoms in total. The van der Waals surface area contributed by atoms with Gasteiger partial charge in [0.1, 0.15) is 11.6 Å². The first-order valence-electron chi connectivity index (χ1n) is 8.81. The Kier molecular flexibility index (Phi) is 5.87. The molecule has 0 atom stereocenters. The topological polar surface area (TPSA) is 87.2 Å². The normalized spacial score (nSPS) is 15.8. The number of ether oxygens (including phenoxy) is 1. The molecule has 1 saturated carbocycles. The maximum Gasteiger partial charge on any atom is 0.191 e. The predicted molar refractivity (Wildman–Crippen MR) is 98.6 cm³/mol. The minimum atomic E-state index is 0.518. The molecule has 1 heterocycles. The molecule has 0 aliphatic heterocycles. The maximum atomic E-state index is 5.17. The summed E-state index contributed by atoms with van der Waals surface area (Å²) >= 11 is 0. The van der Waals surface area contributed by atoms with E-state index in [1.54, 1.807) is 14.2 Å². The zero-order chi connectivity index (χ0) is 17.5. The first-order valence-corrected chi connectivity index (χ1v) is 8.81. The number of aliphatic imine (C=N–C) groups is 1. The number of nitrogens with zero attached hydrogens (tertiary/aromatic N) is 3. The van der Waals surface area contributed by atoms with E-state index in [0.29, 0.717) is 18.4 Å². The Hall–Kier alpha value is -2.57. The summed E-state index contributed by atoms with van der Waals surface area (Å²) in [6, 6.07) is 8.22. The zero-order valence-electron chi connectivity index (χ0n) is 14.9. The van der Waals surface area contributed by atoms with Crippen molar-refractivity contribution in [1.82, 2.24) is 25.8 Å². The second kappa shape index (κ2) is 8.50. The molecular formula is C18H26N6O. The van der Waals surface area contributed by atoms with Crippen LogP contribution in [0, 0.1) is 0 Å². The van der Waals surface area contributed by atoms with Crippen molar-refractivity contribution in [2.75, 3.05) is 14.2 Å². The highest BCUT2D eigenvalue weighted by molar-refractivity contribution is 5.79. The van der Waals surface area contributed by atoms with Gasteiger partial charge in [-0.15, -0.1) is 0 Å². The Morgan fingerprint density at radius 1 is 1.24 bits per heavy atom. The van der Waals surface area contributed by atoms with Crippen molar-refractivity contribution in [2.24, 2.45) is 4.99 Å². The van der Waals surface area contributed by atoms with E-state index in [2.05, 4.69) is 30.8 Å². The fourth-order valence-electron chi connectivity index (χ4n) is 3.05. The van der Waals surface area contributed by atoms with E-state index >= 15 is 0 Å². The number of rotatable bonds is 5. The fraction of sp³-hybridized carbons (Fsp3) is 0.500. The SMILES string of the molecule is CN=C(NCc1nc(-c2ccc(OC)cc2)n[nH]1)NC1CCCCC1. The van der Waals surface area contributed by atoms with E-state index in [9.17, 15) is 0 Å². The lowest BCUT2D eigenvalue weighted by molar-refractivity contribution is 0.410. The van der Waals surface area contributed by atoms with Crippen LogP contribution in [-0.4, -0.2) is 41.3 Å². The number of aromatic nitrogens is 3. The number of hydrogen-bond donors (Lipinski definition) is 3. The first kappa shape index (κ1) is 17.3. The number of hydrogen-bond acceptors (Lipinski definition) is 4. The smallest absolute Gasteiger partial charge is 0.191 e. The predicted octanol–water partition coefficient (Wildman–Crippen LogP) is 2.48. The van der Waals surface area contributed by atoms with E-state index < -0.39 is 0 Å². The van der Waals surface area contributed by atoms with E-state index in [1.807, 2.05) is 24.3 Å². The summed E-state index contributed by atoms with van der Waals surface area (Å²) in [5.41, 5.74) is 0.952. The second-order valence-electron chi connectivity index (χ2n) is 6.24. The molecule has 0 bridgehead atoms. The summed E-state index contributed by atoms with van der Waals surface area (Å²) in [4.78, 5) is 8.84. The van der Waals surface area contributed by atoms with Gasteiger partial charge in [-0.1, -0.05) is 19.3 Å². The van der Waals surface area contributed by atoms with Crippen molar-refractivity contribution in [3.8, 4) is 17.1 Å². The molecule has 7 heteroatoms. The number of guanidine groups is 1. The molecule has 1 aromatic carbocycles. The number of nitrogens with one attached hydrogen (secondary N) is 3. The van der Waals surface area contributed by atoms with Gasteiger partial charge in [-0.3, -0.25) is 10.1 Å². The van der Waals surface area contributed by atoms with Crippen molar-refractivity contribution in [3.05, 3.63) is 30.1 Å². The second-order valence-corrected chi connectivity index (χ2v) is 6.24. The van der Waals surface area contributed by atoms with Gasteiger partial charge in [0.05, 0.1) is 13.7 Å². The van der Waals surface area contributed by atoms with E-state index in [0.717, 1.165) is 23.1 Å². The molecule has 134 valence electrons. The monoisotopic (exact) mass is 342 g/mol. The summed E-state index contributed by atoms with van der Waals surface area (Å²) in [6.07, 6.45) is 6.36. The molecular weight excluding hydrogens is 316 g/mol. The molecule has 25 heavy (non-hydrogen) atoms. The largest absolute Gasteiger partial charge is 0.497 e. The van der Waals surface area contributed by atoms with Crippen LogP contribution in [0.25, 0.3) is 11.4 Å². The molecule has 1 aromatic heterocycles. The minimum absolute atomic E-state index is 0.518. The van der Waals surface area contributed by atoms with Crippen LogP contribution in [0.1, 0.15) is 37.9 Å². The van der Waals surface area contributed by atoms with E-state index in [-0.39, 0.29) is 0 Å². The summed E-state index contributed by atoms with van der Waals surface area (Å²) in [5, 5.41) is 14.1. The lowest BCUT2D eigenvalue weighted by Crippen LogP contribution is -2.43. The molecule has 3 N–H and O–H groups in total. The van der Waals surface area contributed by atoms with Crippen LogP contribution in [0.4, 0.5) is 0 Å². The average Bonchev–Trinajstić information content (AvgIpc) is 3.15. The first-order chi connectivity index (χ1) is 12.3. The summed E-state index contributed by atoms with van der Waals surface area (Å²) in [7, 11) is 3.45. The third kappa shape index (κ3) is 4.71. The van der Waals surface area contributed by atoms with Crippen LogP contribution in [-0.2, 0) is 6.54 Å². The highest BCUT2D eigenvalue weighted by atomic mass is 16.5. The van der Waals surface area contributed by atoms with Crippen molar-refractivity contribution in [1.29, 1.82) is 0 Å². The Bertz CT molecular complexity index is 688. The van der Waals surface area contributed by atoms with Gasteiger partial charge in [0, 0.05) is 18.7 Å². The van der Waals surface area contributed by atoms with Crippen molar-refractivity contribution >= 4 is 5.96 Å². The summed E-state index contributed by atoms with van der Waals surface area (Å²) < 4.78 is 5.17. The number of methoxy groups -OCH3 is 1. The quantitative estimate of drug-likeness (QED) is 0.574. The molecule has 0 radical (unpaired) electrons. The van der Waals surface area contributed by atoms with Crippen LogP contribution in [0.5, 0.6) is 5.75 Å². The Morgan fingerprint density at radius 2 is 2.00 bits per heavy atom. The van der Waals surface area contributed by atoms with Crippen molar-refractivity contribution in [3.63, 3.8) is 0 Å². The molecule has 0 amide bonds. The Labute approximate surface area is 148 Å². The molecule has 1 fully saturated rings. The number of benzene rings is 1. The van der Waals surface area contributed by atoms with Gasteiger partial charge in [-0.2, -0.15) is 5.10 Å². The van der Waals surface area contributed by atoms with Gasteiger partial charge in [-0.25, -0.2) is 4.98 Å². The van der Waals surface area contributed by atoms with Gasteiger partial charge in [0.15, 0.2) is 11.8 Å². The fourth-order valence-corrected chi connectivity index (χ4v) is 3.05. The average molecular weight is 342 g/mol. The van der Waals surface area contributed by atoms with Crippen molar-refractivity contribution < 1.29 is 4.74 Å². The highest BCUT2D eigenvalue weighted by Gasteiger charge is 2.14. The lowest BCUT2D eigenvalue weighted by Gasteiger charge is -2.24. The molecule has 0 spiro atoms. The van der Waals surface area contributed by atoms with Gasteiger partial charge in [0.2, 0.25) is 0 Å². The minimum Gasteiger partial charge on any atom is -0.497 e. The van der Waals surface area contributed by atoms with Gasteiger partial charge in [0.25, 0.3) is 0 Å². The molecule has 0 unspecified atom stereocenters. The third-order valence-electron chi connectivity index (χ3n) is 4.47. The van der Waals surface area contributed by atoms with Gasteiger partial charge in [-0.05, 0) is 37.1 Å². The van der Waals surface area contributed by atoms with Gasteiger partial charge >= 0.3 is 0 Å². The molecule has 3 rings (SSSR count). The maximum absolute atomic E-state index is 5.17. The van der Waals surface area contributed by atoms with Crippen molar-refractivity contribution in [2.45, 2.75) is 44.7 Å². The zero-order valence-corrected chi connectivity index (χ0v) is 14.9. The lowest BCUT2D eigenvalue weighted by atomic mass is 9.96. The highest BCUT2D eigenvalue weighted by Crippen LogP contribution is 2.19.